The quantitative estimate of drug-likeness (QED) is 0.923. The van der Waals surface area contributed by atoms with E-state index in [1.54, 1.807) is 0 Å². The van der Waals surface area contributed by atoms with E-state index in [2.05, 4.69) is 46.4 Å². The van der Waals surface area contributed by atoms with Crippen LogP contribution in [0.4, 0.5) is 0 Å². The lowest BCUT2D eigenvalue weighted by molar-refractivity contribution is 0.0401. The molecule has 94 valence electrons. The molecule has 0 radical (unpaired) electrons. The summed E-state index contributed by atoms with van der Waals surface area (Å²) in [5.41, 5.74) is 2.64. The Morgan fingerprint density at radius 2 is 2.29 bits per heavy atom. The highest BCUT2D eigenvalue weighted by Gasteiger charge is 2.25. The van der Waals surface area contributed by atoms with Crippen molar-refractivity contribution in [1.82, 2.24) is 5.32 Å². The second kappa shape index (κ2) is 5.98. The molecule has 3 heteroatoms. The highest BCUT2D eigenvalue weighted by molar-refractivity contribution is 9.10. The predicted molar refractivity (Wildman–Crippen MR) is 74.2 cm³/mol. The SMILES string of the molecule is CNC(c1cccc(C)c1Br)C1CCCOC1. The summed E-state index contributed by atoms with van der Waals surface area (Å²) in [5.74, 6) is 0.576. The van der Waals surface area contributed by atoms with Crippen LogP contribution in [0.2, 0.25) is 0 Å². The molecule has 0 saturated carbocycles. The summed E-state index contributed by atoms with van der Waals surface area (Å²) in [6.07, 6.45) is 2.41. The fourth-order valence-corrected chi connectivity index (χ4v) is 3.09. The number of ether oxygens (including phenoxy) is 1. The van der Waals surface area contributed by atoms with E-state index in [1.165, 1.54) is 28.4 Å². The summed E-state index contributed by atoms with van der Waals surface area (Å²) in [7, 11) is 2.04. The molecule has 17 heavy (non-hydrogen) atoms. The molecule has 0 amide bonds. The first-order chi connectivity index (χ1) is 8.24. The van der Waals surface area contributed by atoms with Crippen molar-refractivity contribution in [2.45, 2.75) is 25.8 Å². The Labute approximate surface area is 112 Å². The van der Waals surface area contributed by atoms with Crippen molar-refractivity contribution in [3.63, 3.8) is 0 Å². The van der Waals surface area contributed by atoms with Gasteiger partial charge < -0.3 is 10.1 Å². The zero-order valence-corrected chi connectivity index (χ0v) is 12.1. The van der Waals surface area contributed by atoms with Crippen LogP contribution in [0, 0.1) is 12.8 Å². The van der Waals surface area contributed by atoms with E-state index >= 15 is 0 Å². The molecular formula is C14H20BrNO. The van der Waals surface area contributed by atoms with Crippen LogP contribution in [0.3, 0.4) is 0 Å². The molecule has 1 aromatic carbocycles. The van der Waals surface area contributed by atoms with Crippen LogP contribution in [0.5, 0.6) is 0 Å². The van der Waals surface area contributed by atoms with Gasteiger partial charge in [-0.1, -0.05) is 34.1 Å². The number of benzene rings is 1. The number of halogens is 1. The molecule has 2 atom stereocenters. The van der Waals surface area contributed by atoms with Gasteiger partial charge in [0.1, 0.15) is 0 Å². The monoisotopic (exact) mass is 297 g/mol. The predicted octanol–water partition coefficient (Wildman–Crippen LogP) is 3.44. The molecule has 2 unspecified atom stereocenters. The summed E-state index contributed by atoms with van der Waals surface area (Å²) in [6, 6.07) is 6.85. The van der Waals surface area contributed by atoms with Gasteiger partial charge in [-0.3, -0.25) is 0 Å². The first-order valence-electron chi connectivity index (χ1n) is 6.24. The standard InChI is InChI=1S/C14H20BrNO/c1-10-5-3-7-12(13(10)15)14(16-2)11-6-4-8-17-9-11/h3,5,7,11,14,16H,4,6,8-9H2,1-2H3. The lowest BCUT2D eigenvalue weighted by atomic mass is 9.88. The average molecular weight is 298 g/mol. The third kappa shape index (κ3) is 2.90. The van der Waals surface area contributed by atoms with Gasteiger partial charge in [0, 0.05) is 23.0 Å². The smallest absolute Gasteiger partial charge is 0.0512 e. The van der Waals surface area contributed by atoms with Gasteiger partial charge in [-0.25, -0.2) is 0 Å². The van der Waals surface area contributed by atoms with E-state index in [0.29, 0.717) is 12.0 Å². The molecule has 1 N–H and O–H groups in total. The number of hydrogen-bond donors (Lipinski definition) is 1. The molecule has 0 bridgehead atoms. The van der Waals surface area contributed by atoms with Crippen molar-refractivity contribution in [3.8, 4) is 0 Å². The lowest BCUT2D eigenvalue weighted by Crippen LogP contribution is -2.31. The number of hydrogen-bond acceptors (Lipinski definition) is 2. The molecule has 0 aliphatic carbocycles. The Kier molecular flexibility index (Phi) is 4.60. The van der Waals surface area contributed by atoms with Crippen LogP contribution in [0.15, 0.2) is 22.7 Å². The highest BCUT2D eigenvalue weighted by atomic mass is 79.9. The minimum absolute atomic E-state index is 0.379. The second-order valence-electron chi connectivity index (χ2n) is 4.72. The average Bonchev–Trinajstić information content (AvgIpc) is 2.37. The van der Waals surface area contributed by atoms with Gasteiger partial charge in [0.2, 0.25) is 0 Å². The fourth-order valence-electron chi connectivity index (χ4n) is 2.58. The van der Waals surface area contributed by atoms with E-state index in [-0.39, 0.29) is 0 Å². The molecule has 2 nitrogen and oxygen atoms in total. The molecule has 2 rings (SSSR count). The maximum absolute atomic E-state index is 5.60. The molecule has 0 spiro atoms. The van der Waals surface area contributed by atoms with Gasteiger partial charge in [0.15, 0.2) is 0 Å². The molecule has 1 fully saturated rings. The first-order valence-corrected chi connectivity index (χ1v) is 7.03. The maximum Gasteiger partial charge on any atom is 0.0512 e. The van der Waals surface area contributed by atoms with Gasteiger partial charge >= 0.3 is 0 Å². The normalized spacial score (nSPS) is 22.4. The van der Waals surface area contributed by atoms with E-state index < -0.39 is 0 Å². The van der Waals surface area contributed by atoms with Crippen molar-refractivity contribution in [3.05, 3.63) is 33.8 Å². The summed E-state index contributed by atoms with van der Waals surface area (Å²) in [5, 5.41) is 3.45. The van der Waals surface area contributed by atoms with Crippen LogP contribution in [-0.2, 0) is 4.74 Å². The van der Waals surface area contributed by atoms with Crippen LogP contribution in [-0.4, -0.2) is 20.3 Å². The van der Waals surface area contributed by atoms with Crippen molar-refractivity contribution in [2.75, 3.05) is 20.3 Å². The number of aryl methyl sites for hydroxylation is 1. The molecule has 1 saturated heterocycles. The first kappa shape index (κ1) is 13.1. The van der Waals surface area contributed by atoms with Crippen molar-refractivity contribution >= 4 is 15.9 Å². The zero-order chi connectivity index (χ0) is 12.3. The maximum atomic E-state index is 5.60. The highest BCUT2D eigenvalue weighted by Crippen LogP contribution is 2.34. The Bertz CT molecular complexity index is 374. The summed E-state index contributed by atoms with van der Waals surface area (Å²) < 4.78 is 6.83. The molecule has 1 heterocycles. The Balaban J connectivity index is 2.24. The van der Waals surface area contributed by atoms with Gasteiger partial charge in [-0.2, -0.15) is 0 Å². The Morgan fingerprint density at radius 3 is 2.94 bits per heavy atom. The van der Waals surface area contributed by atoms with Gasteiger partial charge in [0.05, 0.1) is 6.61 Å². The van der Waals surface area contributed by atoms with Gasteiger partial charge in [-0.05, 0) is 37.9 Å². The Morgan fingerprint density at radius 1 is 1.47 bits per heavy atom. The Hall–Kier alpha value is -0.380. The number of nitrogens with one attached hydrogen (secondary N) is 1. The van der Waals surface area contributed by atoms with E-state index in [0.717, 1.165) is 13.2 Å². The molecule has 0 aromatic heterocycles. The fraction of sp³-hybridized carbons (Fsp3) is 0.571. The van der Waals surface area contributed by atoms with E-state index in [1.807, 2.05) is 7.05 Å². The number of rotatable bonds is 3. The molecule has 1 aromatic rings. The van der Waals surface area contributed by atoms with E-state index in [9.17, 15) is 0 Å². The van der Waals surface area contributed by atoms with Gasteiger partial charge in [0.25, 0.3) is 0 Å². The summed E-state index contributed by atoms with van der Waals surface area (Å²) in [6.45, 7) is 3.92. The van der Waals surface area contributed by atoms with Crippen LogP contribution >= 0.6 is 15.9 Å². The van der Waals surface area contributed by atoms with Crippen molar-refractivity contribution in [2.24, 2.45) is 5.92 Å². The zero-order valence-electron chi connectivity index (χ0n) is 10.5. The minimum Gasteiger partial charge on any atom is -0.381 e. The molecular weight excluding hydrogens is 278 g/mol. The second-order valence-corrected chi connectivity index (χ2v) is 5.51. The van der Waals surface area contributed by atoms with Crippen LogP contribution in [0.1, 0.15) is 30.0 Å². The lowest BCUT2D eigenvalue weighted by Gasteiger charge is -2.31. The van der Waals surface area contributed by atoms with Crippen LogP contribution in [0.25, 0.3) is 0 Å². The van der Waals surface area contributed by atoms with Crippen LogP contribution < -0.4 is 5.32 Å². The molecule has 1 aliphatic rings. The third-order valence-corrected chi connectivity index (χ3v) is 4.62. The third-order valence-electron chi connectivity index (χ3n) is 3.53. The van der Waals surface area contributed by atoms with Gasteiger partial charge in [-0.15, -0.1) is 0 Å². The van der Waals surface area contributed by atoms with Crippen molar-refractivity contribution in [1.29, 1.82) is 0 Å². The summed E-state index contributed by atoms with van der Waals surface area (Å²) in [4.78, 5) is 0. The van der Waals surface area contributed by atoms with Crippen molar-refractivity contribution < 1.29 is 4.74 Å². The minimum atomic E-state index is 0.379. The topological polar surface area (TPSA) is 21.3 Å². The summed E-state index contributed by atoms with van der Waals surface area (Å²) >= 11 is 3.71. The van der Waals surface area contributed by atoms with E-state index in [4.69, 9.17) is 4.74 Å². The largest absolute Gasteiger partial charge is 0.381 e. The molecule has 1 aliphatic heterocycles.